The highest BCUT2D eigenvalue weighted by atomic mass is 35.5. The summed E-state index contributed by atoms with van der Waals surface area (Å²) in [6.07, 6.45) is 0.794. The lowest BCUT2D eigenvalue weighted by Gasteiger charge is -2.14. The van der Waals surface area contributed by atoms with E-state index < -0.39 is 16.1 Å². The summed E-state index contributed by atoms with van der Waals surface area (Å²) in [6.45, 7) is 2.01. The summed E-state index contributed by atoms with van der Waals surface area (Å²) in [7, 11) is -3.77. The fourth-order valence-electron chi connectivity index (χ4n) is 2.11. The van der Waals surface area contributed by atoms with Gasteiger partial charge in [-0.1, -0.05) is 29.8 Å². The third-order valence-electron chi connectivity index (χ3n) is 3.48. The molecule has 2 N–H and O–H groups in total. The third kappa shape index (κ3) is 6.64. The van der Waals surface area contributed by atoms with Crippen molar-refractivity contribution in [3.05, 3.63) is 59.6 Å². The molecule has 2 aromatic rings. The Morgan fingerprint density at radius 1 is 1.12 bits per heavy atom. The minimum atomic E-state index is -3.77. The Labute approximate surface area is 163 Å². The fourth-order valence-corrected chi connectivity index (χ4v) is 4.31. The molecular formula is C18H21ClN2O3S2. The van der Waals surface area contributed by atoms with Crippen LogP contribution in [0.25, 0.3) is 0 Å². The normalized spacial score (nSPS) is 12.5. The van der Waals surface area contributed by atoms with Gasteiger partial charge in [0, 0.05) is 16.5 Å². The van der Waals surface area contributed by atoms with Crippen molar-refractivity contribution in [3.63, 3.8) is 0 Å². The summed E-state index contributed by atoms with van der Waals surface area (Å²) in [4.78, 5) is 13.3. The Balaban J connectivity index is 1.74. The summed E-state index contributed by atoms with van der Waals surface area (Å²) in [5.41, 5.74) is 0. The molecule has 0 saturated carbocycles. The van der Waals surface area contributed by atoms with Gasteiger partial charge in [-0.25, -0.2) is 8.42 Å². The minimum Gasteiger partial charge on any atom is -0.355 e. The van der Waals surface area contributed by atoms with Crippen LogP contribution >= 0.6 is 23.4 Å². The van der Waals surface area contributed by atoms with E-state index in [1.807, 2.05) is 30.3 Å². The van der Waals surface area contributed by atoms with Crippen LogP contribution in [-0.4, -0.2) is 32.7 Å². The SMILES string of the molecule is C[C@H](NS(=O)(=O)c1ccc(Cl)cc1)C(=O)NCCCSc1ccccc1. The first-order valence-corrected chi connectivity index (χ1v) is 11.0. The van der Waals surface area contributed by atoms with Gasteiger partial charge in [-0.05, 0) is 55.5 Å². The Bertz CT molecular complexity index is 812. The maximum atomic E-state index is 12.3. The second kappa shape index (κ2) is 9.97. The number of nitrogens with one attached hydrogen (secondary N) is 2. The summed E-state index contributed by atoms with van der Waals surface area (Å²) >= 11 is 7.47. The lowest BCUT2D eigenvalue weighted by molar-refractivity contribution is -0.122. The molecule has 0 aliphatic heterocycles. The maximum absolute atomic E-state index is 12.3. The lowest BCUT2D eigenvalue weighted by atomic mass is 10.3. The van der Waals surface area contributed by atoms with Crippen LogP contribution in [0.15, 0.2) is 64.4 Å². The van der Waals surface area contributed by atoms with Crippen LogP contribution in [0.4, 0.5) is 0 Å². The van der Waals surface area contributed by atoms with E-state index in [9.17, 15) is 13.2 Å². The molecule has 2 rings (SSSR count). The molecule has 8 heteroatoms. The van der Waals surface area contributed by atoms with E-state index in [0.29, 0.717) is 11.6 Å². The quantitative estimate of drug-likeness (QED) is 0.489. The van der Waals surface area contributed by atoms with Crippen LogP contribution < -0.4 is 10.0 Å². The van der Waals surface area contributed by atoms with E-state index in [2.05, 4.69) is 10.0 Å². The van der Waals surface area contributed by atoms with Crippen LogP contribution in [0.2, 0.25) is 5.02 Å². The number of hydrogen-bond acceptors (Lipinski definition) is 4. The topological polar surface area (TPSA) is 75.3 Å². The first-order chi connectivity index (χ1) is 12.4. The highest BCUT2D eigenvalue weighted by Gasteiger charge is 2.21. The molecule has 0 radical (unpaired) electrons. The van der Waals surface area contributed by atoms with E-state index in [1.165, 1.54) is 36.1 Å². The van der Waals surface area contributed by atoms with E-state index in [0.717, 1.165) is 12.2 Å². The molecule has 1 amide bonds. The highest BCUT2D eigenvalue weighted by Crippen LogP contribution is 2.17. The number of carbonyl (C=O) groups excluding carboxylic acids is 1. The van der Waals surface area contributed by atoms with Crippen molar-refractivity contribution in [2.45, 2.75) is 29.2 Å². The molecule has 0 aromatic heterocycles. The van der Waals surface area contributed by atoms with Gasteiger partial charge in [-0.3, -0.25) is 4.79 Å². The van der Waals surface area contributed by atoms with Gasteiger partial charge < -0.3 is 5.32 Å². The van der Waals surface area contributed by atoms with Crippen molar-refractivity contribution in [1.82, 2.24) is 10.0 Å². The van der Waals surface area contributed by atoms with Crippen molar-refractivity contribution >= 4 is 39.3 Å². The van der Waals surface area contributed by atoms with Crippen LogP contribution in [-0.2, 0) is 14.8 Å². The zero-order valence-electron chi connectivity index (χ0n) is 14.3. The van der Waals surface area contributed by atoms with Gasteiger partial charge in [0.2, 0.25) is 15.9 Å². The van der Waals surface area contributed by atoms with Crippen molar-refractivity contribution < 1.29 is 13.2 Å². The van der Waals surface area contributed by atoms with Gasteiger partial charge in [0.1, 0.15) is 0 Å². The number of amides is 1. The second-order valence-electron chi connectivity index (χ2n) is 5.60. The predicted molar refractivity (Wildman–Crippen MR) is 106 cm³/mol. The Morgan fingerprint density at radius 2 is 1.77 bits per heavy atom. The molecule has 0 heterocycles. The van der Waals surface area contributed by atoms with Crippen LogP contribution in [0.3, 0.4) is 0 Å². The summed E-state index contributed by atoms with van der Waals surface area (Å²) < 4.78 is 26.9. The van der Waals surface area contributed by atoms with Gasteiger partial charge in [0.05, 0.1) is 10.9 Å². The van der Waals surface area contributed by atoms with Gasteiger partial charge in [-0.2, -0.15) is 4.72 Å². The molecule has 140 valence electrons. The Morgan fingerprint density at radius 3 is 2.42 bits per heavy atom. The molecule has 0 bridgehead atoms. The molecular weight excluding hydrogens is 392 g/mol. The first-order valence-electron chi connectivity index (χ1n) is 8.12. The van der Waals surface area contributed by atoms with E-state index in [1.54, 1.807) is 11.8 Å². The average Bonchev–Trinajstić information content (AvgIpc) is 2.62. The summed E-state index contributed by atoms with van der Waals surface area (Å²) in [5, 5.41) is 3.20. The minimum absolute atomic E-state index is 0.0702. The summed E-state index contributed by atoms with van der Waals surface area (Å²) in [6, 6.07) is 14.9. The van der Waals surface area contributed by atoms with Crippen molar-refractivity contribution in [2.75, 3.05) is 12.3 Å². The predicted octanol–water partition coefficient (Wildman–Crippen LogP) is 3.31. The fraction of sp³-hybridized carbons (Fsp3) is 0.278. The van der Waals surface area contributed by atoms with Crippen molar-refractivity contribution in [2.24, 2.45) is 0 Å². The van der Waals surface area contributed by atoms with E-state index >= 15 is 0 Å². The van der Waals surface area contributed by atoms with Gasteiger partial charge in [0.25, 0.3) is 0 Å². The Kier molecular flexibility index (Phi) is 7.96. The molecule has 0 aliphatic rings. The van der Waals surface area contributed by atoms with Gasteiger partial charge in [-0.15, -0.1) is 11.8 Å². The molecule has 0 unspecified atom stereocenters. The van der Waals surface area contributed by atoms with E-state index in [-0.39, 0.29) is 10.8 Å². The molecule has 0 fully saturated rings. The number of halogens is 1. The zero-order chi connectivity index (χ0) is 19.0. The van der Waals surface area contributed by atoms with Gasteiger partial charge >= 0.3 is 0 Å². The van der Waals surface area contributed by atoms with Crippen LogP contribution in [0.5, 0.6) is 0 Å². The lowest BCUT2D eigenvalue weighted by Crippen LogP contribution is -2.45. The number of rotatable bonds is 9. The monoisotopic (exact) mass is 412 g/mol. The zero-order valence-corrected chi connectivity index (χ0v) is 16.7. The molecule has 5 nitrogen and oxygen atoms in total. The average molecular weight is 413 g/mol. The molecule has 26 heavy (non-hydrogen) atoms. The van der Waals surface area contributed by atoms with Crippen molar-refractivity contribution in [1.29, 1.82) is 0 Å². The molecule has 1 atom stereocenters. The Hall–Kier alpha value is -1.54. The molecule has 0 spiro atoms. The summed E-state index contributed by atoms with van der Waals surface area (Å²) in [5.74, 6) is 0.516. The van der Waals surface area contributed by atoms with Crippen LogP contribution in [0, 0.1) is 0 Å². The number of carbonyl (C=O) groups is 1. The van der Waals surface area contributed by atoms with Crippen LogP contribution in [0.1, 0.15) is 13.3 Å². The standard InChI is InChI=1S/C18H21ClN2O3S2/c1-14(21-26(23,24)17-10-8-15(19)9-11-17)18(22)20-12-5-13-25-16-6-3-2-4-7-16/h2-4,6-11,14,21H,5,12-13H2,1H3,(H,20,22)/t14-/m0/s1. The number of thioether (sulfide) groups is 1. The van der Waals surface area contributed by atoms with E-state index in [4.69, 9.17) is 11.6 Å². The van der Waals surface area contributed by atoms with Crippen molar-refractivity contribution in [3.8, 4) is 0 Å². The highest BCUT2D eigenvalue weighted by molar-refractivity contribution is 7.99. The molecule has 2 aromatic carbocycles. The smallest absolute Gasteiger partial charge is 0.241 e. The number of sulfonamides is 1. The van der Waals surface area contributed by atoms with Gasteiger partial charge in [0.15, 0.2) is 0 Å². The first kappa shape index (κ1) is 20.8. The molecule has 0 aliphatic carbocycles. The number of hydrogen-bond donors (Lipinski definition) is 2. The number of benzene rings is 2. The second-order valence-corrected chi connectivity index (χ2v) is 8.92. The largest absolute Gasteiger partial charge is 0.355 e. The maximum Gasteiger partial charge on any atom is 0.241 e. The molecule has 0 saturated heterocycles. The third-order valence-corrected chi connectivity index (χ3v) is 6.39.